The lowest BCUT2D eigenvalue weighted by Crippen LogP contribution is -2.17. The number of nitro groups is 1. The first-order valence-electron chi connectivity index (χ1n) is 9.13. The Kier molecular flexibility index (Phi) is 6.20. The van der Waals surface area contributed by atoms with Gasteiger partial charge in [0.25, 0.3) is 11.6 Å². The summed E-state index contributed by atoms with van der Waals surface area (Å²) in [7, 11) is 0. The number of benzene rings is 1. The average Bonchev–Trinajstić information content (AvgIpc) is 2.96. The van der Waals surface area contributed by atoms with Gasteiger partial charge in [-0.1, -0.05) is 25.0 Å². The molecule has 1 aromatic carbocycles. The Morgan fingerprint density at radius 2 is 1.93 bits per heavy atom. The Hall–Kier alpha value is -3.00. The Morgan fingerprint density at radius 3 is 2.64 bits per heavy atom. The van der Waals surface area contributed by atoms with Crippen LogP contribution < -0.4 is 11.1 Å². The van der Waals surface area contributed by atoms with E-state index in [9.17, 15) is 19.7 Å². The van der Waals surface area contributed by atoms with E-state index in [2.05, 4.69) is 5.32 Å². The number of hydrogen-bond acceptors (Lipinski definition) is 5. The zero-order valence-corrected chi connectivity index (χ0v) is 16.1. The maximum atomic E-state index is 12.4. The number of hydrogen-bond donors (Lipinski definition) is 2. The highest BCUT2D eigenvalue weighted by molar-refractivity contribution is 7.17. The Labute approximate surface area is 166 Å². The first kappa shape index (κ1) is 19.8. The van der Waals surface area contributed by atoms with E-state index in [0.29, 0.717) is 16.1 Å². The molecule has 0 bridgehead atoms. The molecule has 0 radical (unpaired) electrons. The molecule has 2 amide bonds. The number of fused-ring (bicyclic) bond motifs is 1. The van der Waals surface area contributed by atoms with E-state index in [1.165, 1.54) is 35.6 Å². The minimum atomic E-state index is -0.531. The molecule has 146 valence electrons. The molecule has 0 unspecified atom stereocenters. The summed E-state index contributed by atoms with van der Waals surface area (Å²) in [6.45, 7) is 0. The van der Waals surface area contributed by atoms with E-state index in [1.54, 1.807) is 12.1 Å². The molecule has 1 aliphatic carbocycles. The average molecular weight is 399 g/mol. The number of rotatable bonds is 5. The monoisotopic (exact) mass is 399 g/mol. The van der Waals surface area contributed by atoms with Crippen LogP contribution in [0, 0.1) is 10.1 Å². The standard InChI is InChI=1S/C20H21N3O4S/c21-19(25)18-15-8-3-1-2-4-9-16(15)28-20(18)22-17(24)11-10-13-6-5-7-14(12-13)23(26)27/h5-7,10-12H,1-4,8-9H2,(H2,21,25)(H,22,24). The molecule has 2 aromatic rings. The van der Waals surface area contributed by atoms with Crippen molar-refractivity contribution in [1.82, 2.24) is 0 Å². The van der Waals surface area contributed by atoms with Gasteiger partial charge in [-0.05, 0) is 42.9 Å². The number of primary amides is 1. The highest BCUT2D eigenvalue weighted by Gasteiger charge is 2.23. The number of aryl methyl sites for hydroxylation is 1. The SMILES string of the molecule is NC(=O)c1c(NC(=O)C=Cc2cccc([N+](=O)[O-])c2)sc2c1CCCCCC2. The van der Waals surface area contributed by atoms with Crippen LogP contribution in [0.1, 0.15) is 52.0 Å². The van der Waals surface area contributed by atoms with Gasteiger partial charge in [-0.2, -0.15) is 0 Å². The van der Waals surface area contributed by atoms with Gasteiger partial charge in [0.1, 0.15) is 5.00 Å². The minimum Gasteiger partial charge on any atom is -0.365 e. The van der Waals surface area contributed by atoms with Crippen molar-refractivity contribution in [3.8, 4) is 0 Å². The first-order valence-corrected chi connectivity index (χ1v) is 9.95. The molecule has 0 atom stereocenters. The van der Waals surface area contributed by atoms with Crippen molar-refractivity contribution in [3.63, 3.8) is 0 Å². The highest BCUT2D eigenvalue weighted by atomic mass is 32.1. The van der Waals surface area contributed by atoms with Crippen molar-refractivity contribution in [2.24, 2.45) is 5.73 Å². The summed E-state index contributed by atoms with van der Waals surface area (Å²) in [5.41, 5.74) is 7.47. The van der Waals surface area contributed by atoms with Crippen LogP contribution in [0.2, 0.25) is 0 Å². The Balaban J connectivity index is 1.80. The molecular formula is C20H21N3O4S. The van der Waals surface area contributed by atoms with Crippen LogP contribution in [0.3, 0.4) is 0 Å². The summed E-state index contributed by atoms with van der Waals surface area (Å²) in [4.78, 5) is 35.8. The zero-order chi connectivity index (χ0) is 20.1. The molecule has 1 aromatic heterocycles. The topological polar surface area (TPSA) is 115 Å². The molecule has 3 rings (SSSR count). The van der Waals surface area contributed by atoms with Gasteiger partial charge in [-0.25, -0.2) is 0 Å². The largest absolute Gasteiger partial charge is 0.365 e. The van der Waals surface area contributed by atoms with Gasteiger partial charge >= 0.3 is 0 Å². The van der Waals surface area contributed by atoms with Crippen LogP contribution in [0.4, 0.5) is 10.7 Å². The minimum absolute atomic E-state index is 0.0448. The molecule has 0 aliphatic heterocycles. The zero-order valence-electron chi connectivity index (χ0n) is 15.3. The summed E-state index contributed by atoms with van der Waals surface area (Å²) in [5.74, 6) is -0.945. The van der Waals surface area contributed by atoms with E-state index in [0.717, 1.165) is 49.0 Å². The fourth-order valence-electron chi connectivity index (χ4n) is 3.34. The number of amides is 2. The number of thiophene rings is 1. The molecule has 3 N–H and O–H groups in total. The fraction of sp³-hybridized carbons (Fsp3) is 0.300. The molecule has 1 heterocycles. The van der Waals surface area contributed by atoms with E-state index < -0.39 is 16.7 Å². The van der Waals surface area contributed by atoms with Crippen LogP contribution in [0.25, 0.3) is 6.08 Å². The van der Waals surface area contributed by atoms with Gasteiger partial charge in [-0.3, -0.25) is 19.7 Å². The number of carbonyl (C=O) groups excluding carboxylic acids is 2. The fourth-order valence-corrected chi connectivity index (χ4v) is 4.63. The van der Waals surface area contributed by atoms with Crippen molar-refractivity contribution in [2.45, 2.75) is 38.5 Å². The maximum Gasteiger partial charge on any atom is 0.270 e. The first-order chi connectivity index (χ1) is 13.5. The Morgan fingerprint density at radius 1 is 1.18 bits per heavy atom. The smallest absolute Gasteiger partial charge is 0.270 e. The number of nitro benzene ring substituents is 1. The number of nitrogens with one attached hydrogen (secondary N) is 1. The van der Waals surface area contributed by atoms with E-state index >= 15 is 0 Å². The number of nitrogens with two attached hydrogens (primary N) is 1. The summed E-state index contributed by atoms with van der Waals surface area (Å²) in [6, 6.07) is 6.00. The molecule has 8 heteroatoms. The third kappa shape index (κ3) is 4.64. The van der Waals surface area contributed by atoms with Crippen molar-refractivity contribution in [2.75, 3.05) is 5.32 Å². The third-order valence-electron chi connectivity index (χ3n) is 4.66. The summed E-state index contributed by atoms with van der Waals surface area (Å²) in [6.07, 6.45) is 8.83. The van der Waals surface area contributed by atoms with Crippen molar-refractivity contribution in [1.29, 1.82) is 0 Å². The normalized spacial score (nSPS) is 14.1. The molecule has 1 aliphatic rings. The number of carbonyl (C=O) groups is 2. The summed E-state index contributed by atoms with van der Waals surface area (Å²) < 4.78 is 0. The predicted molar refractivity (Wildman–Crippen MR) is 109 cm³/mol. The molecule has 0 fully saturated rings. The van der Waals surface area contributed by atoms with Gasteiger partial charge in [0.15, 0.2) is 0 Å². The lowest BCUT2D eigenvalue weighted by atomic mass is 9.96. The Bertz CT molecular complexity index is 949. The molecule has 0 spiro atoms. The van der Waals surface area contributed by atoms with E-state index in [1.807, 2.05) is 0 Å². The van der Waals surface area contributed by atoms with Crippen molar-refractivity contribution < 1.29 is 14.5 Å². The van der Waals surface area contributed by atoms with Gasteiger partial charge in [-0.15, -0.1) is 11.3 Å². The summed E-state index contributed by atoms with van der Waals surface area (Å²) >= 11 is 1.41. The quantitative estimate of drug-likeness (QED) is 0.448. The second-order valence-corrected chi connectivity index (χ2v) is 7.77. The van der Waals surface area contributed by atoms with Gasteiger partial charge < -0.3 is 11.1 Å². The second kappa shape index (κ2) is 8.79. The van der Waals surface area contributed by atoms with Crippen molar-refractivity contribution in [3.05, 3.63) is 62.0 Å². The van der Waals surface area contributed by atoms with Crippen LogP contribution in [-0.2, 0) is 17.6 Å². The molecule has 7 nitrogen and oxygen atoms in total. The van der Waals surface area contributed by atoms with Crippen LogP contribution >= 0.6 is 11.3 Å². The van der Waals surface area contributed by atoms with E-state index in [4.69, 9.17) is 5.73 Å². The molecular weight excluding hydrogens is 378 g/mol. The summed E-state index contributed by atoms with van der Waals surface area (Å²) in [5, 5.41) is 14.1. The predicted octanol–water partition coefficient (Wildman–Crippen LogP) is 4.07. The van der Waals surface area contributed by atoms with Crippen LogP contribution in [0.15, 0.2) is 30.3 Å². The van der Waals surface area contributed by atoms with Crippen LogP contribution in [0.5, 0.6) is 0 Å². The van der Waals surface area contributed by atoms with E-state index in [-0.39, 0.29) is 5.69 Å². The lowest BCUT2D eigenvalue weighted by molar-refractivity contribution is -0.384. The number of non-ortho nitro benzene ring substituents is 1. The second-order valence-electron chi connectivity index (χ2n) is 6.66. The maximum absolute atomic E-state index is 12.4. The number of anilines is 1. The number of nitrogens with zero attached hydrogens (tertiary/aromatic N) is 1. The highest BCUT2D eigenvalue weighted by Crippen LogP contribution is 2.36. The van der Waals surface area contributed by atoms with Gasteiger partial charge in [0.2, 0.25) is 5.91 Å². The lowest BCUT2D eigenvalue weighted by Gasteiger charge is -2.10. The molecule has 0 saturated heterocycles. The van der Waals surface area contributed by atoms with Crippen LogP contribution in [-0.4, -0.2) is 16.7 Å². The van der Waals surface area contributed by atoms with Gasteiger partial charge in [0.05, 0.1) is 10.5 Å². The van der Waals surface area contributed by atoms with Crippen molar-refractivity contribution >= 4 is 39.9 Å². The molecule has 28 heavy (non-hydrogen) atoms. The molecule has 0 saturated carbocycles. The van der Waals surface area contributed by atoms with Gasteiger partial charge in [0, 0.05) is 23.1 Å². The third-order valence-corrected chi connectivity index (χ3v) is 5.87.